The van der Waals surface area contributed by atoms with E-state index in [1.807, 2.05) is 18.2 Å². The molecule has 0 saturated carbocycles. The highest BCUT2D eigenvalue weighted by atomic mass is 35.5. The first-order valence-electron chi connectivity index (χ1n) is 5.26. The number of thiophene rings is 1. The van der Waals surface area contributed by atoms with Gasteiger partial charge < -0.3 is 9.73 Å². The molecule has 0 spiro atoms. The van der Waals surface area contributed by atoms with E-state index in [1.54, 1.807) is 17.6 Å². The van der Waals surface area contributed by atoms with Crippen LogP contribution in [0.5, 0.6) is 0 Å². The summed E-state index contributed by atoms with van der Waals surface area (Å²) in [5.74, 6) is 0.976. The Morgan fingerprint density at radius 2 is 2.31 bits per heavy atom. The summed E-state index contributed by atoms with van der Waals surface area (Å²) in [6, 6.07) is 8.17. The molecule has 4 heteroatoms. The average Bonchev–Trinajstić information content (AvgIpc) is 2.89. The van der Waals surface area contributed by atoms with Gasteiger partial charge in [-0.3, -0.25) is 0 Å². The Labute approximate surface area is 104 Å². The highest BCUT2D eigenvalue weighted by Gasteiger charge is 2.06. The molecule has 1 atom stereocenters. The number of rotatable bonds is 5. The largest absolute Gasteiger partial charge is 0.468 e. The third kappa shape index (κ3) is 3.11. The van der Waals surface area contributed by atoms with Crippen molar-refractivity contribution in [2.24, 2.45) is 0 Å². The number of hydrogen-bond donors (Lipinski definition) is 1. The van der Waals surface area contributed by atoms with Crippen molar-refractivity contribution in [2.45, 2.75) is 19.4 Å². The summed E-state index contributed by atoms with van der Waals surface area (Å²) in [6.07, 6.45) is 2.70. The molecule has 0 saturated heterocycles. The van der Waals surface area contributed by atoms with Crippen molar-refractivity contribution in [2.75, 3.05) is 6.54 Å². The molecule has 0 aromatic carbocycles. The highest BCUT2D eigenvalue weighted by Crippen LogP contribution is 2.21. The van der Waals surface area contributed by atoms with E-state index in [9.17, 15) is 0 Å². The molecule has 16 heavy (non-hydrogen) atoms. The third-order valence-corrected chi connectivity index (χ3v) is 3.71. The van der Waals surface area contributed by atoms with E-state index in [0.29, 0.717) is 0 Å². The van der Waals surface area contributed by atoms with Gasteiger partial charge in [0.05, 0.1) is 16.6 Å². The third-order valence-electron chi connectivity index (χ3n) is 2.42. The predicted octanol–water partition coefficient (Wildman–Crippen LogP) is 3.89. The van der Waals surface area contributed by atoms with Crippen molar-refractivity contribution >= 4 is 22.9 Å². The Hall–Kier alpha value is -0.770. The average molecular weight is 256 g/mol. The number of hydrogen-bond acceptors (Lipinski definition) is 3. The van der Waals surface area contributed by atoms with Crippen molar-refractivity contribution in [3.05, 3.63) is 45.5 Å². The van der Waals surface area contributed by atoms with Crippen molar-refractivity contribution in [1.29, 1.82) is 0 Å². The second-order valence-corrected chi connectivity index (χ2v) is 5.45. The maximum atomic E-state index is 5.87. The molecule has 2 aromatic rings. The number of nitrogens with one attached hydrogen (secondary N) is 1. The Bertz CT molecular complexity index is 424. The van der Waals surface area contributed by atoms with Gasteiger partial charge in [0.2, 0.25) is 0 Å². The van der Waals surface area contributed by atoms with Crippen LogP contribution in [0, 0.1) is 0 Å². The summed E-state index contributed by atoms with van der Waals surface area (Å²) < 4.78 is 6.18. The lowest BCUT2D eigenvalue weighted by atomic mass is 10.2. The van der Waals surface area contributed by atoms with E-state index in [0.717, 1.165) is 23.1 Å². The van der Waals surface area contributed by atoms with Gasteiger partial charge in [0, 0.05) is 11.4 Å². The standard InChI is InChI=1S/C12H14ClNOS/c1-9(11-3-2-8-15-11)14-7-6-10-4-5-12(13)16-10/h2-5,8-9,14H,6-7H2,1H3. The van der Waals surface area contributed by atoms with Crippen LogP contribution < -0.4 is 5.32 Å². The summed E-state index contributed by atoms with van der Waals surface area (Å²) in [6.45, 7) is 3.03. The molecule has 0 aliphatic carbocycles. The van der Waals surface area contributed by atoms with E-state index < -0.39 is 0 Å². The Morgan fingerprint density at radius 3 is 2.94 bits per heavy atom. The summed E-state index contributed by atoms with van der Waals surface area (Å²) in [4.78, 5) is 1.31. The normalized spacial score (nSPS) is 12.9. The van der Waals surface area contributed by atoms with E-state index in [1.165, 1.54) is 4.88 Å². The van der Waals surface area contributed by atoms with Crippen LogP contribution in [0.4, 0.5) is 0 Å². The first-order valence-corrected chi connectivity index (χ1v) is 6.46. The molecule has 2 aromatic heterocycles. The van der Waals surface area contributed by atoms with Crippen LogP contribution in [0.2, 0.25) is 4.34 Å². The van der Waals surface area contributed by atoms with Gasteiger partial charge in [-0.05, 0) is 37.6 Å². The van der Waals surface area contributed by atoms with Gasteiger partial charge in [0.25, 0.3) is 0 Å². The van der Waals surface area contributed by atoms with E-state index in [4.69, 9.17) is 16.0 Å². The van der Waals surface area contributed by atoms with Crippen LogP contribution in [0.15, 0.2) is 34.9 Å². The van der Waals surface area contributed by atoms with Crippen molar-refractivity contribution in [3.8, 4) is 0 Å². The van der Waals surface area contributed by atoms with Gasteiger partial charge in [-0.15, -0.1) is 11.3 Å². The molecule has 0 fully saturated rings. The molecular weight excluding hydrogens is 242 g/mol. The van der Waals surface area contributed by atoms with Gasteiger partial charge in [0.1, 0.15) is 5.76 Å². The molecule has 0 radical (unpaired) electrons. The minimum atomic E-state index is 0.255. The minimum Gasteiger partial charge on any atom is -0.468 e. The molecule has 2 rings (SSSR count). The smallest absolute Gasteiger partial charge is 0.120 e. The quantitative estimate of drug-likeness (QED) is 0.877. The van der Waals surface area contributed by atoms with Gasteiger partial charge in [0.15, 0.2) is 0 Å². The van der Waals surface area contributed by atoms with Gasteiger partial charge in [-0.2, -0.15) is 0 Å². The van der Waals surface area contributed by atoms with Crippen molar-refractivity contribution in [1.82, 2.24) is 5.32 Å². The van der Waals surface area contributed by atoms with Crippen molar-refractivity contribution in [3.63, 3.8) is 0 Å². The van der Waals surface area contributed by atoms with Crippen molar-refractivity contribution < 1.29 is 4.42 Å². The van der Waals surface area contributed by atoms with Gasteiger partial charge >= 0.3 is 0 Å². The van der Waals surface area contributed by atoms with Gasteiger partial charge in [-0.25, -0.2) is 0 Å². The predicted molar refractivity (Wildman–Crippen MR) is 68.2 cm³/mol. The van der Waals surface area contributed by atoms with E-state index >= 15 is 0 Å². The van der Waals surface area contributed by atoms with Gasteiger partial charge in [-0.1, -0.05) is 11.6 Å². The zero-order valence-corrected chi connectivity index (χ0v) is 10.6. The monoisotopic (exact) mass is 255 g/mol. The maximum Gasteiger partial charge on any atom is 0.120 e. The molecule has 0 amide bonds. The Kier molecular flexibility index (Phi) is 4.04. The second-order valence-electron chi connectivity index (χ2n) is 3.65. The topological polar surface area (TPSA) is 25.2 Å². The fraction of sp³-hybridized carbons (Fsp3) is 0.333. The SMILES string of the molecule is CC(NCCc1ccc(Cl)s1)c1ccco1. The number of furan rings is 1. The summed E-state index contributed by atoms with van der Waals surface area (Å²) in [5.41, 5.74) is 0. The Morgan fingerprint density at radius 1 is 1.44 bits per heavy atom. The molecular formula is C12H14ClNOS. The van der Waals surface area contributed by atoms with Crippen LogP contribution in [0.3, 0.4) is 0 Å². The van der Waals surface area contributed by atoms with Crippen LogP contribution in [0.1, 0.15) is 23.6 Å². The molecule has 86 valence electrons. The molecule has 1 N–H and O–H groups in total. The lowest BCUT2D eigenvalue weighted by Crippen LogP contribution is -2.20. The molecule has 0 bridgehead atoms. The fourth-order valence-electron chi connectivity index (χ4n) is 1.54. The Balaban J connectivity index is 1.76. The van der Waals surface area contributed by atoms with Crippen LogP contribution in [-0.2, 0) is 6.42 Å². The van der Waals surface area contributed by atoms with Crippen LogP contribution in [-0.4, -0.2) is 6.54 Å². The zero-order valence-electron chi connectivity index (χ0n) is 9.07. The first kappa shape index (κ1) is 11.7. The maximum absolute atomic E-state index is 5.87. The first-order chi connectivity index (χ1) is 7.75. The molecule has 2 heterocycles. The molecule has 1 unspecified atom stereocenters. The van der Waals surface area contributed by atoms with E-state index in [2.05, 4.69) is 18.3 Å². The highest BCUT2D eigenvalue weighted by molar-refractivity contribution is 7.16. The summed E-state index contributed by atoms with van der Waals surface area (Å²) in [5, 5.41) is 3.41. The zero-order chi connectivity index (χ0) is 11.4. The van der Waals surface area contributed by atoms with E-state index in [-0.39, 0.29) is 6.04 Å². The minimum absolute atomic E-state index is 0.255. The summed E-state index contributed by atoms with van der Waals surface area (Å²) in [7, 11) is 0. The van der Waals surface area contributed by atoms with Crippen LogP contribution >= 0.6 is 22.9 Å². The lowest BCUT2D eigenvalue weighted by molar-refractivity contribution is 0.433. The number of halogens is 1. The molecule has 0 aliphatic heterocycles. The fourth-order valence-corrected chi connectivity index (χ4v) is 2.62. The van der Waals surface area contributed by atoms with Crippen LogP contribution in [0.25, 0.3) is 0 Å². The molecule has 2 nitrogen and oxygen atoms in total. The molecule has 0 aliphatic rings. The summed E-state index contributed by atoms with van der Waals surface area (Å²) >= 11 is 7.51. The lowest BCUT2D eigenvalue weighted by Gasteiger charge is -2.10. The second kappa shape index (κ2) is 5.53.